The molecule has 29 heavy (non-hydrogen) atoms. The zero-order valence-electron chi connectivity index (χ0n) is 17.7. The van der Waals surface area contributed by atoms with Crippen molar-refractivity contribution < 1.29 is 13.9 Å². The number of oxazole rings is 1. The molecule has 1 aromatic carbocycles. The molecule has 5 nitrogen and oxygen atoms in total. The van der Waals surface area contributed by atoms with Gasteiger partial charge in [-0.2, -0.15) is 0 Å². The van der Waals surface area contributed by atoms with Crippen LogP contribution in [0.4, 0.5) is 0 Å². The molecular weight excluding hydrogens is 384 g/mol. The predicted molar refractivity (Wildman–Crippen MR) is 115 cm³/mol. The Hall–Kier alpha value is -2.31. The molecular formula is C23H28N2O3S. The second-order valence-corrected chi connectivity index (χ2v) is 9.39. The van der Waals surface area contributed by atoms with Crippen LogP contribution in [0.1, 0.15) is 54.5 Å². The Kier molecular flexibility index (Phi) is 5.40. The van der Waals surface area contributed by atoms with Crippen LogP contribution in [-0.4, -0.2) is 30.6 Å². The Morgan fingerprint density at radius 1 is 1.21 bits per heavy atom. The fourth-order valence-corrected chi connectivity index (χ4v) is 4.73. The molecule has 6 heteroatoms. The lowest BCUT2D eigenvalue weighted by Crippen LogP contribution is -2.35. The molecule has 0 aliphatic carbocycles. The topological polar surface area (TPSA) is 47.7 Å². The number of benzene rings is 1. The average Bonchev–Trinajstić information content (AvgIpc) is 3.38. The number of hydrogen-bond donors (Lipinski definition) is 0. The lowest BCUT2D eigenvalue weighted by atomic mass is 9.91. The zero-order chi connectivity index (χ0) is 20.6. The summed E-state index contributed by atoms with van der Waals surface area (Å²) in [4.78, 5) is 8.31. The van der Waals surface area contributed by atoms with Gasteiger partial charge in [-0.3, -0.25) is 4.90 Å². The third kappa shape index (κ3) is 3.91. The quantitative estimate of drug-likeness (QED) is 0.576. The monoisotopic (exact) mass is 412 g/mol. The Balaban J connectivity index is 1.71. The van der Waals surface area contributed by atoms with E-state index in [4.69, 9.17) is 13.9 Å². The second-order valence-electron chi connectivity index (χ2n) is 8.41. The molecule has 1 atom stereocenters. The van der Waals surface area contributed by atoms with Crippen molar-refractivity contribution in [2.24, 2.45) is 0 Å². The maximum atomic E-state index is 6.09. The summed E-state index contributed by atoms with van der Waals surface area (Å²) in [5.41, 5.74) is 2.52. The number of nitrogens with zero attached hydrogens (tertiary/aromatic N) is 2. The lowest BCUT2D eigenvalue weighted by Gasteiger charge is -2.36. The first-order chi connectivity index (χ1) is 13.9. The molecule has 154 valence electrons. The molecule has 4 rings (SSSR count). The number of rotatable bonds is 5. The van der Waals surface area contributed by atoms with Gasteiger partial charge in [0.2, 0.25) is 5.89 Å². The highest BCUT2D eigenvalue weighted by molar-refractivity contribution is 7.10. The summed E-state index contributed by atoms with van der Waals surface area (Å²) in [6.45, 7) is 8.03. The predicted octanol–water partition coefficient (Wildman–Crippen LogP) is 5.20. The van der Waals surface area contributed by atoms with Crippen LogP contribution in [0.25, 0.3) is 0 Å². The van der Waals surface area contributed by atoms with Crippen LogP contribution in [0.15, 0.2) is 40.3 Å². The van der Waals surface area contributed by atoms with Gasteiger partial charge >= 0.3 is 0 Å². The number of fused-ring (bicyclic) bond motifs is 1. The molecule has 1 aliphatic heterocycles. The van der Waals surface area contributed by atoms with Gasteiger partial charge in [0, 0.05) is 16.8 Å². The fourth-order valence-electron chi connectivity index (χ4n) is 3.85. The summed E-state index contributed by atoms with van der Waals surface area (Å²) in [7, 11) is 3.37. The Morgan fingerprint density at radius 3 is 2.59 bits per heavy atom. The van der Waals surface area contributed by atoms with Gasteiger partial charge in [-0.1, -0.05) is 26.8 Å². The molecule has 0 N–H and O–H groups in total. The molecule has 0 saturated carbocycles. The Labute approximate surface area is 176 Å². The van der Waals surface area contributed by atoms with Crippen LogP contribution < -0.4 is 9.47 Å². The van der Waals surface area contributed by atoms with E-state index in [0.717, 1.165) is 36.1 Å². The van der Waals surface area contributed by atoms with Crippen molar-refractivity contribution in [3.8, 4) is 11.5 Å². The minimum Gasteiger partial charge on any atom is -0.493 e. The van der Waals surface area contributed by atoms with Crippen molar-refractivity contribution >= 4 is 11.3 Å². The van der Waals surface area contributed by atoms with Crippen LogP contribution in [0.5, 0.6) is 11.5 Å². The number of ether oxygens (including phenoxy) is 2. The molecule has 0 amide bonds. The summed E-state index contributed by atoms with van der Waals surface area (Å²) in [5.74, 6) is 3.23. The second kappa shape index (κ2) is 7.84. The van der Waals surface area contributed by atoms with E-state index in [2.05, 4.69) is 60.3 Å². The van der Waals surface area contributed by atoms with Crippen LogP contribution in [0.2, 0.25) is 0 Å². The third-order valence-electron chi connectivity index (χ3n) is 5.42. The highest BCUT2D eigenvalue weighted by Crippen LogP contribution is 2.42. The number of thiophene rings is 1. The van der Waals surface area contributed by atoms with Gasteiger partial charge in [0.1, 0.15) is 5.76 Å². The van der Waals surface area contributed by atoms with Gasteiger partial charge < -0.3 is 13.9 Å². The van der Waals surface area contributed by atoms with E-state index < -0.39 is 0 Å². The molecule has 0 radical (unpaired) electrons. The average molecular weight is 413 g/mol. The molecule has 0 saturated heterocycles. The molecule has 3 aromatic rings. The summed E-state index contributed by atoms with van der Waals surface area (Å²) in [6.07, 6.45) is 2.81. The van der Waals surface area contributed by atoms with Crippen LogP contribution in [-0.2, 0) is 18.4 Å². The highest BCUT2D eigenvalue weighted by atomic mass is 32.1. The first-order valence-electron chi connectivity index (χ1n) is 9.88. The molecule has 1 aliphatic rings. The van der Waals surface area contributed by atoms with E-state index >= 15 is 0 Å². The first-order valence-corrected chi connectivity index (χ1v) is 10.8. The minimum atomic E-state index is -0.0448. The first kappa shape index (κ1) is 20.0. The summed E-state index contributed by atoms with van der Waals surface area (Å²) in [5, 5.41) is 2.13. The summed E-state index contributed by atoms with van der Waals surface area (Å²) < 4.78 is 17.2. The van der Waals surface area contributed by atoms with Crippen molar-refractivity contribution in [3.63, 3.8) is 0 Å². The molecule has 0 fully saturated rings. The SMILES string of the molecule is COc1cc2c(cc1OC)C(c1cccs1)N(Cc1ncc(C(C)(C)C)o1)CC2. The van der Waals surface area contributed by atoms with Crippen molar-refractivity contribution in [2.45, 2.75) is 45.2 Å². The van der Waals surface area contributed by atoms with Crippen molar-refractivity contribution in [3.05, 3.63) is 63.5 Å². The van der Waals surface area contributed by atoms with E-state index in [1.165, 1.54) is 16.0 Å². The summed E-state index contributed by atoms with van der Waals surface area (Å²) in [6, 6.07) is 8.69. The Morgan fingerprint density at radius 2 is 1.97 bits per heavy atom. The van der Waals surface area contributed by atoms with Gasteiger partial charge in [0.25, 0.3) is 0 Å². The van der Waals surface area contributed by atoms with E-state index in [-0.39, 0.29) is 11.5 Å². The Bertz CT molecular complexity index is 973. The van der Waals surface area contributed by atoms with E-state index in [9.17, 15) is 0 Å². The maximum Gasteiger partial charge on any atom is 0.208 e. The number of aromatic nitrogens is 1. The van der Waals surface area contributed by atoms with E-state index in [1.54, 1.807) is 25.6 Å². The number of methoxy groups -OCH3 is 2. The molecule has 1 unspecified atom stereocenters. The molecule has 0 spiro atoms. The zero-order valence-corrected chi connectivity index (χ0v) is 18.5. The minimum absolute atomic E-state index is 0.0448. The van der Waals surface area contributed by atoms with E-state index in [1.807, 2.05) is 6.20 Å². The van der Waals surface area contributed by atoms with Gasteiger partial charge in [-0.25, -0.2) is 4.98 Å². The van der Waals surface area contributed by atoms with Crippen molar-refractivity contribution in [1.82, 2.24) is 9.88 Å². The van der Waals surface area contributed by atoms with E-state index in [0.29, 0.717) is 6.54 Å². The van der Waals surface area contributed by atoms with Crippen LogP contribution in [0.3, 0.4) is 0 Å². The highest BCUT2D eigenvalue weighted by Gasteiger charge is 2.32. The largest absolute Gasteiger partial charge is 0.493 e. The number of hydrogen-bond acceptors (Lipinski definition) is 6. The smallest absolute Gasteiger partial charge is 0.208 e. The standard InChI is InChI=1S/C23H28N2O3S/c1-23(2,3)20-13-24-21(28-20)14-25-9-8-15-11-17(26-4)18(27-5)12-16(15)22(25)19-7-6-10-29-19/h6-7,10-13,22H,8-9,14H2,1-5H3. The van der Waals surface area contributed by atoms with Gasteiger partial charge in [0.05, 0.1) is 33.0 Å². The van der Waals surface area contributed by atoms with Crippen molar-refractivity contribution in [1.29, 1.82) is 0 Å². The van der Waals surface area contributed by atoms with Crippen molar-refractivity contribution in [2.75, 3.05) is 20.8 Å². The van der Waals surface area contributed by atoms with Crippen LogP contribution in [0, 0.1) is 0 Å². The van der Waals surface area contributed by atoms with Gasteiger partial charge in [-0.15, -0.1) is 11.3 Å². The van der Waals surface area contributed by atoms with Crippen LogP contribution >= 0.6 is 11.3 Å². The summed E-state index contributed by atoms with van der Waals surface area (Å²) >= 11 is 1.78. The lowest BCUT2D eigenvalue weighted by molar-refractivity contribution is 0.183. The molecule has 3 heterocycles. The molecule has 2 aromatic heterocycles. The molecule has 0 bridgehead atoms. The maximum absolute atomic E-state index is 6.09. The van der Waals surface area contributed by atoms with Gasteiger partial charge in [-0.05, 0) is 41.1 Å². The third-order valence-corrected chi connectivity index (χ3v) is 6.34. The normalized spacial score (nSPS) is 17.2. The fraction of sp³-hybridized carbons (Fsp3) is 0.435. The van der Waals surface area contributed by atoms with Gasteiger partial charge in [0.15, 0.2) is 11.5 Å².